The second-order valence-electron chi connectivity index (χ2n) is 6.44. The molecule has 0 heterocycles. The highest BCUT2D eigenvalue weighted by Crippen LogP contribution is 2.38. The second-order valence-corrected chi connectivity index (χ2v) is 6.85. The third-order valence-corrected chi connectivity index (χ3v) is 4.69. The Hall–Kier alpha value is -2.74. The molecule has 2 aromatic rings. The Morgan fingerprint density at radius 1 is 1.07 bits per heavy atom. The molecule has 0 atom stereocenters. The molecule has 0 saturated carbocycles. The number of rotatable bonds is 6. The Kier molecular flexibility index (Phi) is 6.32. The lowest BCUT2D eigenvalue weighted by molar-refractivity contribution is -0.149. The third-order valence-electron chi connectivity index (χ3n) is 4.37. The van der Waals surface area contributed by atoms with Crippen LogP contribution < -0.4 is 10.1 Å². The zero-order valence-electron chi connectivity index (χ0n) is 15.1. The minimum atomic E-state index is -4.70. The van der Waals surface area contributed by atoms with Gasteiger partial charge in [-0.15, -0.1) is 0 Å². The van der Waals surface area contributed by atoms with Crippen LogP contribution in [0.3, 0.4) is 0 Å². The van der Waals surface area contributed by atoms with E-state index in [0.717, 1.165) is 31.4 Å². The Morgan fingerprint density at radius 2 is 1.83 bits per heavy atom. The maximum atomic E-state index is 13.0. The molecule has 0 bridgehead atoms. The summed E-state index contributed by atoms with van der Waals surface area (Å²) < 4.78 is 49.2. The van der Waals surface area contributed by atoms with E-state index in [9.17, 15) is 22.8 Å². The number of carbonyl (C=O) groups is 2. The standard InChI is InChI=1S/C20H17ClF3NO4/c21-16-6-2-5-15(20(22,23)24)19(16)25-17(26)10-29-18(27)11-28-14-8-7-12-3-1-4-13(12)9-14/h2,5-9H,1,3-4,10-11H2,(H,25,26). The van der Waals surface area contributed by atoms with Gasteiger partial charge in [0.1, 0.15) is 5.75 Å². The van der Waals surface area contributed by atoms with Crippen LogP contribution in [0, 0.1) is 0 Å². The van der Waals surface area contributed by atoms with Crippen molar-refractivity contribution in [3.63, 3.8) is 0 Å². The molecule has 154 valence electrons. The molecule has 29 heavy (non-hydrogen) atoms. The second kappa shape index (κ2) is 8.73. The van der Waals surface area contributed by atoms with Gasteiger partial charge in [0.2, 0.25) is 0 Å². The van der Waals surface area contributed by atoms with Gasteiger partial charge in [0, 0.05) is 0 Å². The fourth-order valence-corrected chi connectivity index (χ4v) is 3.25. The lowest BCUT2D eigenvalue weighted by Crippen LogP contribution is -2.25. The smallest absolute Gasteiger partial charge is 0.418 e. The van der Waals surface area contributed by atoms with E-state index in [1.54, 1.807) is 6.07 Å². The lowest BCUT2D eigenvalue weighted by atomic mass is 10.1. The van der Waals surface area contributed by atoms with E-state index in [1.807, 2.05) is 17.4 Å². The van der Waals surface area contributed by atoms with Crippen LogP contribution in [0.1, 0.15) is 23.1 Å². The van der Waals surface area contributed by atoms with Crippen molar-refractivity contribution in [1.82, 2.24) is 0 Å². The first kappa shape index (κ1) is 21.0. The van der Waals surface area contributed by atoms with E-state index >= 15 is 0 Å². The van der Waals surface area contributed by atoms with Crippen LogP contribution in [-0.4, -0.2) is 25.1 Å². The van der Waals surface area contributed by atoms with Crippen LogP contribution in [-0.2, 0) is 33.3 Å². The average molecular weight is 428 g/mol. The van der Waals surface area contributed by atoms with E-state index < -0.39 is 42.5 Å². The highest BCUT2D eigenvalue weighted by molar-refractivity contribution is 6.34. The Bertz CT molecular complexity index is 930. The quantitative estimate of drug-likeness (QED) is 0.694. The van der Waals surface area contributed by atoms with E-state index in [-0.39, 0.29) is 5.02 Å². The molecule has 1 aliphatic rings. The highest BCUT2D eigenvalue weighted by Gasteiger charge is 2.34. The molecule has 9 heteroatoms. The molecule has 0 aliphatic heterocycles. The molecular weight excluding hydrogens is 411 g/mol. The summed E-state index contributed by atoms with van der Waals surface area (Å²) in [6, 6.07) is 8.68. The van der Waals surface area contributed by atoms with E-state index in [0.29, 0.717) is 5.75 Å². The van der Waals surface area contributed by atoms with Crippen LogP contribution in [0.4, 0.5) is 18.9 Å². The van der Waals surface area contributed by atoms with Crippen LogP contribution in [0.15, 0.2) is 36.4 Å². The van der Waals surface area contributed by atoms with Crippen LogP contribution >= 0.6 is 11.6 Å². The van der Waals surface area contributed by atoms with Crippen molar-refractivity contribution in [3.8, 4) is 5.75 Å². The van der Waals surface area contributed by atoms with Crippen molar-refractivity contribution in [2.45, 2.75) is 25.4 Å². The van der Waals surface area contributed by atoms with Gasteiger partial charge in [0.05, 0.1) is 16.3 Å². The number of aryl methyl sites for hydroxylation is 2. The molecule has 0 unspecified atom stereocenters. The summed E-state index contributed by atoms with van der Waals surface area (Å²) in [6.07, 6.45) is -1.64. The first-order valence-corrected chi connectivity index (χ1v) is 9.17. The summed E-state index contributed by atoms with van der Waals surface area (Å²) in [7, 11) is 0. The molecule has 0 spiro atoms. The van der Waals surface area contributed by atoms with Gasteiger partial charge in [-0.25, -0.2) is 4.79 Å². The fraction of sp³-hybridized carbons (Fsp3) is 0.300. The Balaban J connectivity index is 1.50. The number of hydrogen-bond acceptors (Lipinski definition) is 4. The SMILES string of the molecule is O=C(COC(=O)COc1ccc2c(c1)CCC2)Nc1c(Cl)cccc1C(F)(F)F. The lowest BCUT2D eigenvalue weighted by Gasteiger charge is -2.15. The minimum Gasteiger partial charge on any atom is -0.482 e. The number of anilines is 1. The summed E-state index contributed by atoms with van der Waals surface area (Å²) in [4.78, 5) is 23.7. The number of alkyl halides is 3. The Morgan fingerprint density at radius 3 is 2.59 bits per heavy atom. The number of carbonyl (C=O) groups excluding carboxylic acids is 2. The van der Waals surface area contributed by atoms with Crippen LogP contribution in [0.2, 0.25) is 5.02 Å². The number of benzene rings is 2. The van der Waals surface area contributed by atoms with E-state index in [2.05, 4.69) is 0 Å². The summed E-state index contributed by atoms with van der Waals surface area (Å²) in [5.74, 6) is -1.26. The molecular formula is C20H17ClF3NO4. The van der Waals surface area contributed by atoms with E-state index in [4.69, 9.17) is 21.1 Å². The zero-order chi connectivity index (χ0) is 21.0. The minimum absolute atomic E-state index is 0.278. The van der Waals surface area contributed by atoms with Crippen molar-refractivity contribution in [2.75, 3.05) is 18.5 Å². The molecule has 2 aromatic carbocycles. The number of esters is 1. The first-order chi connectivity index (χ1) is 13.7. The maximum Gasteiger partial charge on any atom is 0.418 e. The molecule has 0 saturated heterocycles. The fourth-order valence-electron chi connectivity index (χ4n) is 3.03. The van der Waals surface area contributed by atoms with Crippen molar-refractivity contribution in [3.05, 3.63) is 58.1 Å². The average Bonchev–Trinajstić information content (AvgIpc) is 3.13. The summed E-state index contributed by atoms with van der Waals surface area (Å²) in [5.41, 5.74) is 0.756. The first-order valence-electron chi connectivity index (χ1n) is 8.80. The van der Waals surface area contributed by atoms with Gasteiger partial charge in [-0.3, -0.25) is 4.79 Å². The maximum absolute atomic E-state index is 13.0. The molecule has 5 nitrogen and oxygen atoms in total. The normalized spacial score (nSPS) is 13.0. The Labute approximate surface area is 169 Å². The number of nitrogens with one attached hydrogen (secondary N) is 1. The van der Waals surface area contributed by atoms with Crippen molar-refractivity contribution >= 4 is 29.2 Å². The number of halogens is 4. The molecule has 1 N–H and O–H groups in total. The zero-order valence-corrected chi connectivity index (χ0v) is 15.9. The highest BCUT2D eigenvalue weighted by atomic mass is 35.5. The monoisotopic (exact) mass is 427 g/mol. The number of amides is 1. The van der Waals surface area contributed by atoms with Crippen LogP contribution in [0.25, 0.3) is 0 Å². The van der Waals surface area contributed by atoms with E-state index in [1.165, 1.54) is 17.2 Å². The summed E-state index contributed by atoms with van der Waals surface area (Å²) in [5, 5.41) is 1.76. The largest absolute Gasteiger partial charge is 0.482 e. The van der Waals surface area contributed by atoms with Gasteiger partial charge in [-0.05, 0) is 54.7 Å². The van der Waals surface area contributed by atoms with Crippen molar-refractivity contribution in [2.24, 2.45) is 0 Å². The van der Waals surface area contributed by atoms with Crippen molar-refractivity contribution < 1.29 is 32.2 Å². The number of hydrogen-bond donors (Lipinski definition) is 1. The third kappa shape index (κ3) is 5.41. The van der Waals surface area contributed by atoms with Gasteiger partial charge in [0.15, 0.2) is 13.2 Å². The molecule has 1 aliphatic carbocycles. The predicted octanol–water partition coefficient (Wildman–Crippen LogP) is 4.41. The van der Waals surface area contributed by atoms with Gasteiger partial charge >= 0.3 is 12.1 Å². The van der Waals surface area contributed by atoms with Gasteiger partial charge in [-0.2, -0.15) is 13.2 Å². The van der Waals surface area contributed by atoms with Gasteiger partial charge in [0.25, 0.3) is 5.91 Å². The van der Waals surface area contributed by atoms with Crippen molar-refractivity contribution in [1.29, 1.82) is 0 Å². The number of fused-ring (bicyclic) bond motifs is 1. The molecule has 1 amide bonds. The van der Waals surface area contributed by atoms with Crippen LogP contribution in [0.5, 0.6) is 5.75 Å². The number of ether oxygens (including phenoxy) is 2. The molecule has 0 fully saturated rings. The van der Waals surface area contributed by atoms with Gasteiger partial charge in [-0.1, -0.05) is 23.7 Å². The summed E-state index contributed by atoms with van der Waals surface area (Å²) >= 11 is 5.76. The molecule has 0 aromatic heterocycles. The number of para-hydroxylation sites is 1. The predicted molar refractivity (Wildman–Crippen MR) is 100 cm³/mol. The van der Waals surface area contributed by atoms with Gasteiger partial charge < -0.3 is 14.8 Å². The summed E-state index contributed by atoms with van der Waals surface area (Å²) in [6.45, 7) is -1.19. The molecule has 3 rings (SSSR count). The molecule has 0 radical (unpaired) electrons. The topological polar surface area (TPSA) is 64.6 Å².